The van der Waals surface area contributed by atoms with Crippen LogP contribution in [0.25, 0.3) is 22.3 Å². The van der Waals surface area contributed by atoms with Crippen LogP contribution in [-0.2, 0) is 47.7 Å². The molecule has 0 saturated heterocycles. The van der Waals surface area contributed by atoms with Gasteiger partial charge < -0.3 is 47.4 Å². The molecule has 0 spiro atoms. The van der Waals surface area contributed by atoms with E-state index in [0.717, 1.165) is 159 Å². The van der Waals surface area contributed by atoms with E-state index in [1.165, 1.54) is 103 Å². The summed E-state index contributed by atoms with van der Waals surface area (Å²) in [4.78, 5) is 101. The van der Waals surface area contributed by atoms with E-state index in [9.17, 15) is 38.4 Å². The van der Waals surface area contributed by atoms with Gasteiger partial charge in [-0.2, -0.15) is 0 Å². The minimum Gasteiger partial charge on any atom is -0.494 e. The maximum Gasteiger partial charge on any atom is 0.343 e. The average Bonchev–Trinajstić information content (AvgIpc) is 0.865. The molecule has 0 amide bonds. The maximum atomic E-state index is 13.1. The van der Waals surface area contributed by atoms with Crippen molar-refractivity contribution in [3.05, 3.63) is 157 Å². The first-order valence-corrected chi connectivity index (χ1v) is 44.1. The molecule has 0 unspecified atom stereocenters. The number of hydrogen-bond donors (Lipinski definition) is 0. The number of hydrogen-bond acceptors (Lipinski definition) is 18. The van der Waals surface area contributed by atoms with E-state index < -0.39 is 35.8 Å². The third kappa shape index (κ3) is 31.3. The van der Waals surface area contributed by atoms with Crippen LogP contribution in [0, 0.1) is 47.3 Å². The highest BCUT2D eigenvalue weighted by Crippen LogP contribution is 2.45. The van der Waals surface area contributed by atoms with Gasteiger partial charge in [-0.3, -0.25) is 28.8 Å². The number of unbranched alkanes of at least 4 members (excludes halogenated alkanes) is 11. The predicted molar refractivity (Wildman–Crippen MR) is 447 cm³/mol. The van der Waals surface area contributed by atoms with Crippen molar-refractivity contribution < 1.29 is 85.7 Å². The van der Waals surface area contributed by atoms with Gasteiger partial charge in [0, 0.05) is 0 Å². The van der Waals surface area contributed by atoms with Crippen molar-refractivity contribution in [2.75, 3.05) is 39.6 Å². The zero-order chi connectivity index (χ0) is 81.3. The van der Waals surface area contributed by atoms with Crippen molar-refractivity contribution in [1.82, 2.24) is 0 Å². The molecule has 6 aromatic rings. The number of carbonyl (C=O) groups excluding carboxylic acids is 8. The van der Waals surface area contributed by atoms with Gasteiger partial charge in [0.05, 0.1) is 88.3 Å². The number of carbonyl (C=O) groups is 8. The van der Waals surface area contributed by atoms with E-state index in [2.05, 4.69) is 13.8 Å². The predicted octanol–water partition coefficient (Wildman–Crippen LogP) is 22.7. The van der Waals surface area contributed by atoms with Crippen molar-refractivity contribution in [3.63, 3.8) is 0 Å². The highest BCUT2D eigenvalue weighted by atomic mass is 16.6. The largest absolute Gasteiger partial charge is 0.494 e. The Hall–Kier alpha value is -9.32. The van der Waals surface area contributed by atoms with Crippen LogP contribution in [-0.4, -0.2) is 87.4 Å². The zero-order valence-electron chi connectivity index (χ0n) is 68.9. The standard InChI is InChI=1S/C98H126O18/c1-3-5-11-19-71-21-25-73(26-22-71)75-29-37-81(38-30-75)95(103)113-87-53-57-89(58-54-87)115-97(105)83-41-33-77(34-42-83)79-45-49-85(50-46-79)107-65-13-7-9-15-67-109-91(99)61-63-93(101)111-69-17-18-70-112-94(102)64-62-92(100)110-68-16-10-8-14-66-108-86-51-47-80(48-52-86)78-35-43-84(44-36-78)98(106)116-90-59-55-88(56-60-90)114-96(104)82-39-31-76(32-40-82)74-27-23-72(24-28-74)20-12-6-4-2/h33-36,41-60,71-76,81-82H,3-32,37-40,61-70H2,1-2H3. The molecule has 0 atom stereocenters. The van der Waals surface area contributed by atoms with E-state index in [-0.39, 0.29) is 75.9 Å². The van der Waals surface area contributed by atoms with Gasteiger partial charge >= 0.3 is 47.8 Å². The quantitative estimate of drug-likeness (QED) is 0.0150. The summed E-state index contributed by atoms with van der Waals surface area (Å²) in [6.45, 7) is 6.38. The highest BCUT2D eigenvalue weighted by Gasteiger charge is 2.36. The Labute approximate surface area is 688 Å². The van der Waals surface area contributed by atoms with E-state index >= 15 is 0 Å². The van der Waals surface area contributed by atoms with Gasteiger partial charge in [0.1, 0.15) is 34.5 Å². The Kier molecular flexibility index (Phi) is 38.1. The molecular weight excluding hydrogens is 1470 g/mol. The molecule has 0 radical (unpaired) electrons. The molecule has 18 nitrogen and oxygen atoms in total. The molecular formula is C98H126O18. The van der Waals surface area contributed by atoms with Crippen LogP contribution in [0.3, 0.4) is 0 Å². The zero-order valence-corrected chi connectivity index (χ0v) is 68.9. The van der Waals surface area contributed by atoms with Gasteiger partial charge in [-0.25, -0.2) is 9.59 Å². The molecule has 4 aliphatic carbocycles. The van der Waals surface area contributed by atoms with E-state index in [1.807, 2.05) is 72.8 Å². The fourth-order valence-corrected chi connectivity index (χ4v) is 17.0. The fourth-order valence-electron chi connectivity index (χ4n) is 17.0. The molecule has 18 heteroatoms. The Bertz CT molecular complexity index is 3660. The lowest BCUT2D eigenvalue weighted by Crippen LogP contribution is -2.30. The van der Waals surface area contributed by atoms with Gasteiger partial charge in [0.15, 0.2) is 0 Å². The number of ether oxygens (including phenoxy) is 10. The summed E-state index contributed by atoms with van der Waals surface area (Å²) >= 11 is 0. The molecule has 0 heterocycles. The second-order valence-electron chi connectivity index (χ2n) is 32.7. The van der Waals surface area contributed by atoms with E-state index in [1.54, 1.807) is 72.8 Å². The van der Waals surface area contributed by atoms with Crippen molar-refractivity contribution >= 4 is 47.8 Å². The third-order valence-electron chi connectivity index (χ3n) is 24.2. The van der Waals surface area contributed by atoms with Gasteiger partial charge in [-0.1, -0.05) is 139 Å². The van der Waals surface area contributed by atoms with Crippen molar-refractivity contribution in [2.24, 2.45) is 47.3 Å². The minimum absolute atomic E-state index is 0.0716. The molecule has 116 heavy (non-hydrogen) atoms. The summed E-state index contributed by atoms with van der Waals surface area (Å²) in [5.74, 6) is 4.65. The molecule has 626 valence electrons. The molecule has 10 rings (SSSR count). The SMILES string of the molecule is CCCCCC1CCC(C2CCC(C(=O)Oc3ccc(OC(=O)c4ccc(-c5ccc(OCCCCCCOC(=O)CCC(=O)OCCCCOC(=O)CCC(=O)OCCCCCCOc6ccc(-c7ccc(C(=O)Oc8ccc(OC(=O)C9CCC(C%10CCC(CCCCC)CC%10)CC9)cc8)cc7)cc6)cc5)cc4)cc3)CC2)CC1. The first-order valence-electron chi connectivity index (χ1n) is 44.1. The summed E-state index contributed by atoms with van der Waals surface area (Å²) in [6, 6.07) is 43.3. The van der Waals surface area contributed by atoms with Gasteiger partial charge in [0.25, 0.3) is 0 Å². The minimum atomic E-state index is -0.510. The van der Waals surface area contributed by atoms with Crippen LogP contribution in [0.4, 0.5) is 0 Å². The summed E-state index contributed by atoms with van der Waals surface area (Å²) in [5, 5.41) is 0. The third-order valence-corrected chi connectivity index (χ3v) is 24.2. The lowest BCUT2D eigenvalue weighted by molar-refractivity contribution is -0.151. The first kappa shape index (κ1) is 89.0. The highest BCUT2D eigenvalue weighted by molar-refractivity contribution is 5.92. The van der Waals surface area contributed by atoms with Crippen LogP contribution < -0.4 is 28.4 Å². The summed E-state index contributed by atoms with van der Waals surface area (Å²) in [5.41, 5.74) is 4.63. The normalized spacial score (nSPS) is 19.3. The Morgan fingerprint density at radius 3 is 0.802 bits per heavy atom. The number of esters is 8. The van der Waals surface area contributed by atoms with Crippen molar-refractivity contribution in [3.8, 4) is 56.8 Å². The summed E-state index contributed by atoms with van der Waals surface area (Å²) in [6.07, 6.45) is 36.8. The van der Waals surface area contributed by atoms with E-state index in [0.29, 0.717) is 73.0 Å². The molecule has 0 bridgehead atoms. The first-order chi connectivity index (χ1) is 56.7. The number of rotatable bonds is 47. The van der Waals surface area contributed by atoms with Crippen LogP contribution >= 0.6 is 0 Å². The molecule has 0 N–H and O–H groups in total. The van der Waals surface area contributed by atoms with Gasteiger partial charge in [-0.05, 0) is 296 Å². The van der Waals surface area contributed by atoms with Crippen LogP contribution in [0.5, 0.6) is 34.5 Å². The Balaban J connectivity index is 0.467. The monoisotopic (exact) mass is 1590 g/mol. The van der Waals surface area contributed by atoms with Gasteiger partial charge in [-0.15, -0.1) is 0 Å². The van der Waals surface area contributed by atoms with Crippen molar-refractivity contribution in [1.29, 1.82) is 0 Å². The molecule has 6 aromatic carbocycles. The molecule has 4 saturated carbocycles. The second-order valence-corrected chi connectivity index (χ2v) is 32.7. The Morgan fingerprint density at radius 1 is 0.259 bits per heavy atom. The average molecular weight is 1590 g/mol. The lowest BCUT2D eigenvalue weighted by atomic mass is 9.68. The smallest absolute Gasteiger partial charge is 0.343 e. The lowest BCUT2D eigenvalue weighted by Gasteiger charge is -2.37. The van der Waals surface area contributed by atoms with E-state index in [4.69, 9.17) is 47.4 Å². The van der Waals surface area contributed by atoms with Crippen LogP contribution in [0.15, 0.2) is 146 Å². The Morgan fingerprint density at radius 2 is 0.509 bits per heavy atom. The summed E-state index contributed by atoms with van der Waals surface area (Å²) in [7, 11) is 0. The fraction of sp³-hybridized carbons (Fsp3) is 0.551. The maximum absolute atomic E-state index is 13.1. The number of benzene rings is 6. The topological polar surface area (TPSA) is 229 Å². The van der Waals surface area contributed by atoms with Crippen LogP contribution in [0.2, 0.25) is 0 Å². The van der Waals surface area contributed by atoms with Gasteiger partial charge in [0.2, 0.25) is 0 Å². The molecule has 0 aromatic heterocycles. The molecule has 4 aliphatic rings. The second kappa shape index (κ2) is 49.7. The van der Waals surface area contributed by atoms with Crippen molar-refractivity contribution in [2.45, 2.75) is 258 Å². The molecule has 4 fully saturated rings. The summed E-state index contributed by atoms with van der Waals surface area (Å²) < 4.78 is 55.9. The molecule has 0 aliphatic heterocycles. The van der Waals surface area contributed by atoms with Crippen LogP contribution in [0.1, 0.15) is 279 Å².